The fraction of sp³-hybridized carbons (Fsp3) is 0.423. The van der Waals surface area contributed by atoms with E-state index in [9.17, 15) is 0 Å². The number of nitrogens with one attached hydrogen (secondary N) is 1. The Hall–Kier alpha value is -3.55. The van der Waals surface area contributed by atoms with Crippen molar-refractivity contribution < 1.29 is 0 Å². The first-order chi connectivity index (χ1) is 16.4. The first-order valence-electron chi connectivity index (χ1n) is 12.0. The van der Waals surface area contributed by atoms with Crippen molar-refractivity contribution in [1.82, 2.24) is 24.7 Å². The highest BCUT2D eigenvalue weighted by molar-refractivity contribution is 5.96. The number of hydrogen-bond acceptors (Lipinski definition) is 7. The van der Waals surface area contributed by atoms with E-state index in [1.54, 1.807) is 29.4 Å². The van der Waals surface area contributed by atoms with Crippen molar-refractivity contribution >= 4 is 34.1 Å². The van der Waals surface area contributed by atoms with Crippen LogP contribution in [0.2, 0.25) is 0 Å². The van der Waals surface area contributed by atoms with Crippen LogP contribution in [0.25, 0.3) is 27.9 Å². The van der Waals surface area contributed by atoms with Crippen molar-refractivity contribution in [2.45, 2.75) is 65.8 Å². The van der Waals surface area contributed by atoms with E-state index < -0.39 is 0 Å². The minimum Gasteiger partial charge on any atom is -0.382 e. The number of hydrogen-bond donors (Lipinski definition) is 2. The first-order valence-corrected chi connectivity index (χ1v) is 12.0. The Labute approximate surface area is 201 Å². The zero-order valence-corrected chi connectivity index (χ0v) is 20.5. The quantitative estimate of drug-likeness (QED) is 0.341. The number of aliphatic imine (C=N–C) groups is 1. The molecule has 0 amide bonds. The number of nitrogens with two attached hydrogens (primary N) is 1. The van der Waals surface area contributed by atoms with E-state index in [0.29, 0.717) is 23.3 Å². The van der Waals surface area contributed by atoms with E-state index in [1.807, 2.05) is 13.1 Å². The van der Waals surface area contributed by atoms with Crippen LogP contribution in [0.15, 0.2) is 42.4 Å². The Morgan fingerprint density at radius 2 is 2.03 bits per heavy atom. The molecule has 3 aromatic heterocycles. The van der Waals surface area contributed by atoms with Gasteiger partial charge in [0.25, 0.3) is 0 Å². The molecule has 1 saturated carbocycles. The van der Waals surface area contributed by atoms with Gasteiger partial charge < -0.3 is 11.1 Å². The fourth-order valence-electron chi connectivity index (χ4n) is 4.06. The van der Waals surface area contributed by atoms with Gasteiger partial charge in [0.15, 0.2) is 5.82 Å². The number of allylic oxidation sites excluding steroid dienone is 2. The van der Waals surface area contributed by atoms with Crippen molar-refractivity contribution in [2.75, 3.05) is 11.1 Å². The van der Waals surface area contributed by atoms with Gasteiger partial charge in [-0.05, 0) is 38.2 Å². The van der Waals surface area contributed by atoms with E-state index in [2.05, 4.69) is 47.7 Å². The normalized spacial score (nSPS) is 15.4. The zero-order chi connectivity index (χ0) is 24.2. The molecule has 0 aliphatic heterocycles. The third-order valence-electron chi connectivity index (χ3n) is 6.43. The average Bonchev–Trinajstić information content (AvgIpc) is 3.52. The van der Waals surface area contributed by atoms with Crippen LogP contribution in [0, 0.1) is 5.92 Å². The van der Waals surface area contributed by atoms with Crippen molar-refractivity contribution in [2.24, 2.45) is 10.9 Å². The highest BCUT2D eigenvalue weighted by Gasteiger charge is 2.20. The molecule has 8 heteroatoms. The molecule has 34 heavy (non-hydrogen) atoms. The van der Waals surface area contributed by atoms with Gasteiger partial charge in [0.05, 0.1) is 23.8 Å². The molecule has 0 spiro atoms. The lowest BCUT2D eigenvalue weighted by Crippen LogP contribution is -2.18. The summed E-state index contributed by atoms with van der Waals surface area (Å²) in [4.78, 5) is 18.8. The summed E-state index contributed by atoms with van der Waals surface area (Å²) in [5, 5.41) is 8.17. The van der Waals surface area contributed by atoms with Crippen LogP contribution in [-0.2, 0) is 6.42 Å². The lowest BCUT2D eigenvalue weighted by atomic mass is 10.1. The molecule has 0 bridgehead atoms. The molecule has 0 atom stereocenters. The molecular formula is C26H34N8. The standard InChI is InChI=1S/C26H34N8/c1-6-20(13-28-17(5)16(3)4)34-15-18(12-30-34)21-14-29-25(27)24-23(21)33-26(22(7-2)32-24)31-19-10-8-9-11-19/h6,12-16,19H,1,7-11H2,2-5H3,(H2,27,29)(H,31,33)/b20-13+,28-17?. The van der Waals surface area contributed by atoms with Crippen molar-refractivity contribution in [3.8, 4) is 11.1 Å². The molecule has 3 heterocycles. The maximum absolute atomic E-state index is 6.22. The molecular weight excluding hydrogens is 424 g/mol. The lowest BCUT2D eigenvalue weighted by Gasteiger charge is -2.17. The number of fused-ring (bicyclic) bond motifs is 1. The van der Waals surface area contributed by atoms with Gasteiger partial charge in [0, 0.05) is 35.3 Å². The number of aryl methyl sites for hydroxylation is 1. The minimum absolute atomic E-state index is 0.376. The van der Waals surface area contributed by atoms with Crippen molar-refractivity contribution in [3.05, 3.63) is 43.1 Å². The van der Waals surface area contributed by atoms with Crippen molar-refractivity contribution in [3.63, 3.8) is 0 Å². The summed E-state index contributed by atoms with van der Waals surface area (Å²) in [6, 6.07) is 0.442. The Balaban J connectivity index is 1.76. The predicted molar refractivity (Wildman–Crippen MR) is 141 cm³/mol. The Kier molecular flexibility index (Phi) is 7.05. The van der Waals surface area contributed by atoms with Crippen LogP contribution < -0.4 is 11.1 Å². The number of anilines is 2. The highest BCUT2D eigenvalue weighted by Crippen LogP contribution is 2.32. The van der Waals surface area contributed by atoms with Crippen LogP contribution >= 0.6 is 0 Å². The maximum atomic E-state index is 6.22. The third-order valence-corrected chi connectivity index (χ3v) is 6.43. The maximum Gasteiger partial charge on any atom is 0.151 e. The molecule has 4 rings (SSSR count). The van der Waals surface area contributed by atoms with Crippen LogP contribution in [0.1, 0.15) is 59.1 Å². The van der Waals surface area contributed by atoms with E-state index >= 15 is 0 Å². The largest absolute Gasteiger partial charge is 0.382 e. The number of nitrogen functional groups attached to an aromatic ring is 1. The van der Waals surface area contributed by atoms with Gasteiger partial charge in [-0.3, -0.25) is 4.99 Å². The van der Waals surface area contributed by atoms with Gasteiger partial charge in [-0.2, -0.15) is 5.10 Å². The molecule has 0 radical (unpaired) electrons. The summed E-state index contributed by atoms with van der Waals surface area (Å²) in [6.07, 6.45) is 14.6. The second-order valence-electron chi connectivity index (χ2n) is 9.11. The van der Waals surface area contributed by atoms with Gasteiger partial charge in [0.1, 0.15) is 16.9 Å². The topological polar surface area (TPSA) is 107 Å². The fourth-order valence-corrected chi connectivity index (χ4v) is 4.06. The highest BCUT2D eigenvalue weighted by atomic mass is 15.3. The number of pyridine rings is 1. The number of nitrogens with zero attached hydrogens (tertiary/aromatic N) is 6. The number of rotatable bonds is 8. The molecule has 1 aliphatic rings. The van der Waals surface area contributed by atoms with Crippen LogP contribution in [0.5, 0.6) is 0 Å². The van der Waals surface area contributed by atoms with Crippen LogP contribution in [0.3, 0.4) is 0 Å². The van der Waals surface area contributed by atoms with Crippen LogP contribution in [0.4, 0.5) is 11.6 Å². The molecule has 1 aliphatic carbocycles. The summed E-state index contributed by atoms with van der Waals surface area (Å²) >= 11 is 0. The minimum atomic E-state index is 0.376. The van der Waals surface area contributed by atoms with Crippen molar-refractivity contribution in [1.29, 1.82) is 0 Å². The predicted octanol–water partition coefficient (Wildman–Crippen LogP) is 5.49. The summed E-state index contributed by atoms with van der Waals surface area (Å²) in [5.41, 5.74) is 12.0. The van der Waals surface area contributed by atoms with E-state index in [1.165, 1.54) is 12.8 Å². The summed E-state index contributed by atoms with van der Waals surface area (Å²) in [6.45, 7) is 12.3. The lowest BCUT2D eigenvalue weighted by molar-refractivity contribution is 0.747. The monoisotopic (exact) mass is 458 g/mol. The van der Waals surface area contributed by atoms with Gasteiger partial charge in [0.2, 0.25) is 0 Å². The molecule has 0 unspecified atom stereocenters. The Morgan fingerprint density at radius 3 is 2.71 bits per heavy atom. The second kappa shape index (κ2) is 10.2. The zero-order valence-electron chi connectivity index (χ0n) is 20.5. The molecule has 8 nitrogen and oxygen atoms in total. The molecule has 0 saturated heterocycles. The first kappa shape index (κ1) is 23.6. The Bertz CT molecular complexity index is 1250. The van der Waals surface area contributed by atoms with Gasteiger partial charge in [-0.1, -0.05) is 40.2 Å². The summed E-state index contributed by atoms with van der Waals surface area (Å²) in [7, 11) is 0. The van der Waals surface area contributed by atoms with E-state index in [-0.39, 0.29) is 0 Å². The summed E-state index contributed by atoms with van der Waals surface area (Å²) < 4.78 is 1.76. The Morgan fingerprint density at radius 1 is 1.26 bits per heavy atom. The van der Waals surface area contributed by atoms with Gasteiger partial charge in [-0.25, -0.2) is 19.6 Å². The van der Waals surface area contributed by atoms with Gasteiger partial charge in [-0.15, -0.1) is 0 Å². The van der Waals surface area contributed by atoms with Gasteiger partial charge >= 0.3 is 0 Å². The smallest absolute Gasteiger partial charge is 0.151 e. The number of aromatic nitrogens is 5. The van der Waals surface area contributed by atoms with E-state index in [0.717, 1.165) is 58.8 Å². The molecule has 3 aromatic rings. The van der Waals surface area contributed by atoms with E-state index in [4.69, 9.17) is 15.7 Å². The summed E-state index contributed by atoms with van der Waals surface area (Å²) in [5.74, 6) is 1.60. The third kappa shape index (κ3) is 4.85. The molecule has 178 valence electrons. The molecule has 0 aromatic carbocycles. The molecule has 1 fully saturated rings. The second-order valence-corrected chi connectivity index (χ2v) is 9.11. The SMILES string of the molecule is C=C/C(=C\N=C(C)C(C)C)n1cc(-c2cnc(N)c3nc(CC)c(NC4CCCC4)nc23)cn1. The average molecular weight is 459 g/mol. The molecule has 3 N–H and O–H groups in total. The van der Waals surface area contributed by atoms with Crippen LogP contribution in [-0.4, -0.2) is 36.5 Å².